The molecule has 1 aromatic heterocycles. The molecule has 126 valence electrons. The van der Waals surface area contributed by atoms with Crippen LogP contribution in [0.4, 0.5) is 5.82 Å². The quantitative estimate of drug-likeness (QED) is 0.867. The van der Waals surface area contributed by atoms with E-state index < -0.39 is 0 Å². The van der Waals surface area contributed by atoms with Gasteiger partial charge in [-0.25, -0.2) is 4.98 Å². The standard InChI is InChI=1S/C19H24N4O/c1-15-5-7-16(8-6-15)13-22(2)19(24)17-4-3-11-23(14-17)18-12-20-9-10-21-18/h5-10,12,17H,3-4,11,13-14H2,1-2H3. The Morgan fingerprint density at radius 1 is 1.29 bits per heavy atom. The van der Waals surface area contributed by atoms with E-state index >= 15 is 0 Å². The fourth-order valence-electron chi connectivity index (χ4n) is 3.20. The maximum Gasteiger partial charge on any atom is 0.227 e. The van der Waals surface area contributed by atoms with Gasteiger partial charge in [-0.05, 0) is 25.3 Å². The van der Waals surface area contributed by atoms with Crippen molar-refractivity contribution in [1.82, 2.24) is 14.9 Å². The highest BCUT2D eigenvalue weighted by atomic mass is 16.2. The Morgan fingerprint density at radius 2 is 2.08 bits per heavy atom. The van der Waals surface area contributed by atoms with Crippen molar-refractivity contribution in [2.45, 2.75) is 26.3 Å². The average Bonchev–Trinajstić information content (AvgIpc) is 2.64. The van der Waals surface area contributed by atoms with Crippen molar-refractivity contribution in [3.05, 3.63) is 54.0 Å². The van der Waals surface area contributed by atoms with E-state index in [2.05, 4.69) is 46.1 Å². The van der Waals surface area contributed by atoms with E-state index in [1.807, 2.05) is 11.9 Å². The molecule has 1 aliphatic rings. The molecule has 1 atom stereocenters. The molecule has 24 heavy (non-hydrogen) atoms. The van der Waals surface area contributed by atoms with E-state index in [0.29, 0.717) is 6.54 Å². The highest BCUT2D eigenvalue weighted by molar-refractivity contribution is 5.79. The number of aryl methyl sites for hydroxylation is 1. The van der Waals surface area contributed by atoms with E-state index in [-0.39, 0.29) is 11.8 Å². The van der Waals surface area contributed by atoms with Crippen molar-refractivity contribution in [3.63, 3.8) is 0 Å². The van der Waals surface area contributed by atoms with E-state index in [1.165, 1.54) is 5.56 Å². The lowest BCUT2D eigenvalue weighted by atomic mass is 9.96. The zero-order valence-electron chi connectivity index (χ0n) is 14.4. The van der Waals surface area contributed by atoms with Crippen molar-refractivity contribution >= 4 is 11.7 Å². The second-order valence-electron chi connectivity index (χ2n) is 6.53. The first-order chi connectivity index (χ1) is 11.6. The fraction of sp³-hybridized carbons (Fsp3) is 0.421. The van der Waals surface area contributed by atoms with Crippen LogP contribution in [0.15, 0.2) is 42.9 Å². The van der Waals surface area contributed by atoms with Gasteiger partial charge in [-0.15, -0.1) is 0 Å². The molecule has 1 saturated heterocycles. The molecule has 1 aliphatic heterocycles. The third-order valence-corrected chi connectivity index (χ3v) is 4.56. The van der Waals surface area contributed by atoms with Gasteiger partial charge in [0, 0.05) is 39.1 Å². The minimum Gasteiger partial charge on any atom is -0.355 e. The molecule has 0 saturated carbocycles. The predicted molar refractivity (Wildman–Crippen MR) is 94.6 cm³/mol. The van der Waals surface area contributed by atoms with Crippen molar-refractivity contribution < 1.29 is 4.79 Å². The van der Waals surface area contributed by atoms with Crippen LogP contribution in [-0.2, 0) is 11.3 Å². The number of benzene rings is 1. The molecule has 0 spiro atoms. The van der Waals surface area contributed by atoms with Crippen molar-refractivity contribution in [2.75, 3.05) is 25.0 Å². The van der Waals surface area contributed by atoms with Crippen molar-refractivity contribution in [2.24, 2.45) is 5.92 Å². The van der Waals surface area contributed by atoms with Gasteiger partial charge in [0.15, 0.2) is 0 Å². The molecule has 0 bridgehead atoms. The summed E-state index contributed by atoms with van der Waals surface area (Å²) in [7, 11) is 1.89. The van der Waals surface area contributed by atoms with Crippen LogP contribution in [-0.4, -0.2) is 40.9 Å². The van der Waals surface area contributed by atoms with Crippen LogP contribution < -0.4 is 4.90 Å². The van der Waals surface area contributed by atoms with Gasteiger partial charge in [-0.3, -0.25) is 9.78 Å². The van der Waals surface area contributed by atoms with Crippen LogP contribution in [0.3, 0.4) is 0 Å². The van der Waals surface area contributed by atoms with Crippen LogP contribution in [0.1, 0.15) is 24.0 Å². The second kappa shape index (κ2) is 7.43. The Balaban J connectivity index is 1.62. The van der Waals surface area contributed by atoms with Gasteiger partial charge in [-0.1, -0.05) is 29.8 Å². The molecule has 0 aliphatic carbocycles. The molecule has 1 amide bonds. The highest BCUT2D eigenvalue weighted by Crippen LogP contribution is 2.22. The van der Waals surface area contributed by atoms with Crippen molar-refractivity contribution in [1.29, 1.82) is 0 Å². The molecular formula is C19H24N4O. The predicted octanol–water partition coefficient (Wildman–Crippen LogP) is 2.66. The summed E-state index contributed by atoms with van der Waals surface area (Å²) in [4.78, 5) is 25.3. The highest BCUT2D eigenvalue weighted by Gasteiger charge is 2.28. The zero-order chi connectivity index (χ0) is 16.9. The Kier molecular flexibility index (Phi) is 5.08. The lowest BCUT2D eigenvalue weighted by Crippen LogP contribution is -2.43. The summed E-state index contributed by atoms with van der Waals surface area (Å²) in [5.41, 5.74) is 2.40. The topological polar surface area (TPSA) is 49.3 Å². The number of piperidine rings is 1. The second-order valence-corrected chi connectivity index (χ2v) is 6.53. The summed E-state index contributed by atoms with van der Waals surface area (Å²) in [6.07, 6.45) is 7.08. The van der Waals surface area contributed by atoms with Crippen LogP contribution in [0, 0.1) is 12.8 Å². The largest absolute Gasteiger partial charge is 0.355 e. The van der Waals surface area contributed by atoms with Gasteiger partial charge in [0.1, 0.15) is 5.82 Å². The Morgan fingerprint density at radius 3 is 2.79 bits per heavy atom. The molecule has 5 heteroatoms. The van der Waals surface area contributed by atoms with Gasteiger partial charge in [0.05, 0.1) is 12.1 Å². The fourth-order valence-corrected chi connectivity index (χ4v) is 3.20. The van der Waals surface area contributed by atoms with Gasteiger partial charge < -0.3 is 9.80 Å². The summed E-state index contributed by atoms with van der Waals surface area (Å²) in [5, 5.41) is 0. The molecule has 2 aromatic rings. The summed E-state index contributed by atoms with van der Waals surface area (Å²) in [5.74, 6) is 1.09. The van der Waals surface area contributed by atoms with Crippen LogP contribution in [0.5, 0.6) is 0 Å². The maximum atomic E-state index is 12.8. The number of aromatic nitrogens is 2. The number of amides is 1. The minimum absolute atomic E-state index is 0.0243. The van der Waals surface area contributed by atoms with Crippen molar-refractivity contribution in [3.8, 4) is 0 Å². The number of hydrogen-bond acceptors (Lipinski definition) is 4. The Labute approximate surface area is 143 Å². The number of nitrogens with zero attached hydrogens (tertiary/aromatic N) is 4. The smallest absolute Gasteiger partial charge is 0.227 e. The third kappa shape index (κ3) is 3.91. The molecule has 2 heterocycles. The summed E-state index contributed by atoms with van der Waals surface area (Å²) < 4.78 is 0. The van der Waals surface area contributed by atoms with E-state index in [4.69, 9.17) is 0 Å². The van der Waals surface area contributed by atoms with E-state index in [9.17, 15) is 4.79 Å². The maximum absolute atomic E-state index is 12.8. The first-order valence-corrected chi connectivity index (χ1v) is 8.45. The molecule has 1 fully saturated rings. The molecular weight excluding hydrogens is 300 g/mol. The zero-order valence-corrected chi connectivity index (χ0v) is 14.4. The van der Waals surface area contributed by atoms with Crippen LogP contribution in [0.2, 0.25) is 0 Å². The van der Waals surface area contributed by atoms with E-state index in [0.717, 1.165) is 37.3 Å². The summed E-state index contributed by atoms with van der Waals surface area (Å²) in [6.45, 7) is 4.38. The third-order valence-electron chi connectivity index (χ3n) is 4.56. The first kappa shape index (κ1) is 16.4. The van der Waals surface area contributed by atoms with Crippen LogP contribution in [0.25, 0.3) is 0 Å². The number of carbonyl (C=O) groups excluding carboxylic acids is 1. The van der Waals surface area contributed by atoms with Gasteiger partial charge in [0.2, 0.25) is 5.91 Å². The van der Waals surface area contributed by atoms with Crippen LogP contribution >= 0.6 is 0 Å². The Bertz CT molecular complexity index is 672. The molecule has 1 unspecified atom stereocenters. The molecule has 1 aromatic carbocycles. The minimum atomic E-state index is 0.0243. The number of carbonyl (C=O) groups is 1. The average molecular weight is 324 g/mol. The summed E-state index contributed by atoms with van der Waals surface area (Å²) >= 11 is 0. The lowest BCUT2D eigenvalue weighted by molar-refractivity contribution is -0.135. The first-order valence-electron chi connectivity index (χ1n) is 8.45. The molecule has 0 N–H and O–H groups in total. The monoisotopic (exact) mass is 324 g/mol. The van der Waals surface area contributed by atoms with Gasteiger partial charge in [-0.2, -0.15) is 0 Å². The van der Waals surface area contributed by atoms with Gasteiger partial charge in [0.25, 0.3) is 0 Å². The number of hydrogen-bond donors (Lipinski definition) is 0. The number of anilines is 1. The lowest BCUT2D eigenvalue weighted by Gasteiger charge is -2.34. The van der Waals surface area contributed by atoms with Gasteiger partial charge >= 0.3 is 0 Å². The molecule has 3 rings (SSSR count). The Hall–Kier alpha value is -2.43. The number of rotatable bonds is 4. The molecule has 0 radical (unpaired) electrons. The van der Waals surface area contributed by atoms with E-state index in [1.54, 1.807) is 18.6 Å². The summed E-state index contributed by atoms with van der Waals surface area (Å²) in [6, 6.07) is 8.35. The normalized spacial score (nSPS) is 17.6. The molecule has 5 nitrogen and oxygen atoms in total. The SMILES string of the molecule is Cc1ccc(CN(C)C(=O)C2CCCN(c3cnccn3)C2)cc1.